The molecule has 3 aromatic rings. The average Bonchev–Trinajstić information content (AvgIpc) is 3.26. The zero-order valence-electron chi connectivity index (χ0n) is 23.8. The summed E-state index contributed by atoms with van der Waals surface area (Å²) in [6.45, 7) is 0.749. The molecule has 1 aliphatic carbocycles. The van der Waals surface area contributed by atoms with Gasteiger partial charge in [-0.2, -0.15) is 0 Å². The highest BCUT2D eigenvalue weighted by Gasteiger charge is 2.44. The van der Waals surface area contributed by atoms with Gasteiger partial charge >= 0.3 is 0 Å². The zero-order valence-corrected chi connectivity index (χ0v) is 23.8. The lowest BCUT2D eigenvalue weighted by Gasteiger charge is -2.33. The molecule has 0 spiro atoms. The first-order valence-electron chi connectivity index (χ1n) is 14.8. The van der Waals surface area contributed by atoms with Gasteiger partial charge in [-0.25, -0.2) is 4.98 Å². The van der Waals surface area contributed by atoms with Crippen LogP contribution in [0.5, 0.6) is 0 Å². The molecule has 2 aromatic carbocycles. The number of carbonyl (C=O) groups is 3. The average molecular weight is 582 g/mol. The number of fused-ring (bicyclic) bond motifs is 2. The number of piperidine rings is 1. The van der Waals surface area contributed by atoms with Crippen LogP contribution in [0.2, 0.25) is 0 Å². The van der Waals surface area contributed by atoms with Gasteiger partial charge in [0.2, 0.25) is 5.91 Å². The molecule has 2 unspecified atom stereocenters. The number of hydrogen-bond acceptors (Lipinski definition) is 9. The van der Waals surface area contributed by atoms with E-state index >= 15 is 0 Å². The molecule has 2 fully saturated rings. The molecule has 3 amide bonds. The summed E-state index contributed by atoms with van der Waals surface area (Å²) in [5.41, 5.74) is 4.41. The van der Waals surface area contributed by atoms with Crippen LogP contribution < -0.4 is 16.0 Å². The number of rotatable bonds is 9. The summed E-state index contributed by atoms with van der Waals surface area (Å²) in [5, 5.41) is 27.4. The van der Waals surface area contributed by atoms with Crippen LogP contribution in [0.3, 0.4) is 0 Å². The molecular weight excluding hydrogens is 546 g/mol. The normalized spacial score (nSPS) is 24.1. The van der Waals surface area contributed by atoms with E-state index in [1.807, 2.05) is 30.5 Å². The molecule has 2 aliphatic heterocycles. The summed E-state index contributed by atoms with van der Waals surface area (Å²) >= 11 is 0. The first kappa shape index (κ1) is 28.5. The zero-order chi connectivity index (χ0) is 29.9. The van der Waals surface area contributed by atoms with Gasteiger partial charge in [-0.15, -0.1) is 0 Å². The fourth-order valence-corrected chi connectivity index (χ4v) is 6.24. The maximum atomic E-state index is 13.1. The van der Waals surface area contributed by atoms with Crippen molar-refractivity contribution in [3.63, 3.8) is 0 Å². The summed E-state index contributed by atoms with van der Waals surface area (Å²) in [4.78, 5) is 47.8. The number of hydrogen-bond donors (Lipinski definition) is 5. The van der Waals surface area contributed by atoms with Gasteiger partial charge in [0, 0.05) is 42.7 Å². The van der Waals surface area contributed by atoms with E-state index in [-0.39, 0.29) is 18.7 Å². The van der Waals surface area contributed by atoms with Crippen LogP contribution in [-0.4, -0.2) is 68.8 Å². The Balaban J connectivity index is 0.978. The van der Waals surface area contributed by atoms with Gasteiger partial charge in [0.15, 0.2) is 0 Å². The Kier molecular flexibility index (Phi) is 8.15. The summed E-state index contributed by atoms with van der Waals surface area (Å²) < 4.78 is 0. The maximum Gasteiger partial charge on any atom is 0.262 e. The van der Waals surface area contributed by atoms with Crippen molar-refractivity contribution in [3.8, 4) is 0 Å². The highest BCUT2D eigenvalue weighted by molar-refractivity contribution is 6.22. The summed E-state index contributed by atoms with van der Waals surface area (Å²) in [5.74, 6) is -0.593. The minimum Gasteiger partial charge on any atom is -0.388 e. The molecule has 1 aromatic heterocycles. The summed E-state index contributed by atoms with van der Waals surface area (Å²) in [6, 6.07) is 12.4. The number of imide groups is 1. The quantitative estimate of drug-likeness (QED) is 0.190. The molecule has 43 heavy (non-hydrogen) atoms. The highest BCUT2D eigenvalue weighted by Crippen LogP contribution is 2.31. The van der Waals surface area contributed by atoms with Crippen molar-refractivity contribution in [2.45, 2.75) is 63.3 Å². The van der Waals surface area contributed by atoms with E-state index in [0.29, 0.717) is 34.4 Å². The number of para-hydroxylation sites is 2. The molecule has 1 saturated carbocycles. The monoisotopic (exact) mass is 581 g/mol. The van der Waals surface area contributed by atoms with Crippen molar-refractivity contribution in [1.82, 2.24) is 25.5 Å². The second-order valence-corrected chi connectivity index (χ2v) is 11.4. The Labute approximate surface area is 249 Å². The van der Waals surface area contributed by atoms with Gasteiger partial charge in [-0.3, -0.25) is 24.3 Å². The topological polar surface area (TPSA) is 160 Å². The molecule has 3 heterocycles. The Morgan fingerprint density at radius 1 is 1.02 bits per heavy atom. The Morgan fingerprint density at radius 3 is 2.56 bits per heavy atom. The third-order valence-electron chi connectivity index (χ3n) is 8.69. The van der Waals surface area contributed by atoms with E-state index in [1.165, 1.54) is 6.21 Å². The number of carbonyl (C=O) groups excluding carboxylic acids is 3. The number of aliphatic hydroxyl groups is 1. The highest BCUT2D eigenvalue weighted by atomic mass is 16.3. The van der Waals surface area contributed by atoms with E-state index in [1.54, 1.807) is 24.4 Å². The number of amides is 3. The standard InChI is InChI=1S/C32H35N7O4/c33-16-20(27-18-36-25-3-1-2-4-26(25)37-27)17-35-21-7-5-19(6-8-21)13-14-34-22-9-10-23-24(15-22)32(43)39(31(23)42)28-11-12-29(40)38-30(28)41/h1-4,9-10,15-19,21,28,30,33-35,41H,5-8,11-14H2,(H,38,40)/b20-17+,33-16?. The van der Waals surface area contributed by atoms with E-state index in [4.69, 9.17) is 5.41 Å². The molecule has 222 valence electrons. The molecule has 2 atom stereocenters. The summed E-state index contributed by atoms with van der Waals surface area (Å²) in [6.07, 6.45) is 9.27. The summed E-state index contributed by atoms with van der Waals surface area (Å²) in [7, 11) is 0. The second-order valence-electron chi connectivity index (χ2n) is 11.4. The van der Waals surface area contributed by atoms with E-state index in [9.17, 15) is 19.5 Å². The molecule has 0 radical (unpaired) electrons. The van der Waals surface area contributed by atoms with Gasteiger partial charge in [0.25, 0.3) is 11.8 Å². The second kappa shape index (κ2) is 12.3. The SMILES string of the molecule is N=C/C(=C\NC1CCC(CCNc2ccc3c(c2)C(=O)N(C2CCC(=O)NC2O)C3=O)CC1)c1cnc2ccccc2n1. The minimum atomic E-state index is -1.26. The van der Waals surface area contributed by atoms with Gasteiger partial charge < -0.3 is 26.5 Å². The minimum absolute atomic E-state index is 0.155. The number of benzene rings is 2. The molecule has 0 bridgehead atoms. The molecule has 11 nitrogen and oxygen atoms in total. The van der Waals surface area contributed by atoms with Crippen molar-refractivity contribution < 1.29 is 19.5 Å². The Hall–Kier alpha value is -4.64. The first-order chi connectivity index (χ1) is 20.9. The molecule has 11 heteroatoms. The number of nitrogens with one attached hydrogen (secondary N) is 4. The predicted octanol–water partition coefficient (Wildman–Crippen LogP) is 3.46. The number of aromatic nitrogens is 2. The molecule has 1 saturated heterocycles. The fourth-order valence-electron chi connectivity index (χ4n) is 6.24. The lowest BCUT2D eigenvalue weighted by Crippen LogP contribution is -2.57. The van der Waals surface area contributed by atoms with Gasteiger partial charge in [0.05, 0.1) is 40.1 Å². The molecule has 6 rings (SSSR count). The number of allylic oxidation sites excluding steroid dienone is 1. The van der Waals surface area contributed by atoms with E-state index in [2.05, 4.69) is 25.9 Å². The van der Waals surface area contributed by atoms with Gasteiger partial charge in [-0.05, 0) is 74.8 Å². The molecule has 3 aliphatic rings. The van der Waals surface area contributed by atoms with Crippen molar-refractivity contribution in [1.29, 1.82) is 5.41 Å². The van der Waals surface area contributed by atoms with Gasteiger partial charge in [-0.1, -0.05) is 12.1 Å². The van der Waals surface area contributed by atoms with Crippen LogP contribution in [0.15, 0.2) is 54.9 Å². The lowest BCUT2D eigenvalue weighted by molar-refractivity contribution is -0.129. The van der Waals surface area contributed by atoms with E-state index < -0.39 is 24.1 Å². The van der Waals surface area contributed by atoms with Crippen LogP contribution in [0.4, 0.5) is 5.69 Å². The molecular formula is C32H35N7O4. The largest absolute Gasteiger partial charge is 0.388 e. The Morgan fingerprint density at radius 2 is 1.79 bits per heavy atom. The van der Waals surface area contributed by atoms with Crippen molar-refractivity contribution in [3.05, 3.63) is 71.7 Å². The number of aliphatic hydroxyl groups excluding tert-OH is 1. The third-order valence-corrected chi connectivity index (χ3v) is 8.69. The van der Waals surface area contributed by atoms with Crippen LogP contribution in [0.1, 0.15) is 71.4 Å². The van der Waals surface area contributed by atoms with Crippen molar-refractivity contribution >= 4 is 46.2 Å². The van der Waals surface area contributed by atoms with Crippen LogP contribution in [-0.2, 0) is 4.79 Å². The van der Waals surface area contributed by atoms with Crippen LogP contribution >= 0.6 is 0 Å². The van der Waals surface area contributed by atoms with Gasteiger partial charge in [0.1, 0.15) is 6.23 Å². The van der Waals surface area contributed by atoms with Crippen molar-refractivity contribution in [2.75, 3.05) is 11.9 Å². The smallest absolute Gasteiger partial charge is 0.262 e. The van der Waals surface area contributed by atoms with Crippen LogP contribution in [0, 0.1) is 11.3 Å². The number of anilines is 1. The van der Waals surface area contributed by atoms with Crippen LogP contribution in [0.25, 0.3) is 16.6 Å². The first-order valence-corrected chi connectivity index (χ1v) is 14.8. The fraction of sp³-hybridized carbons (Fsp3) is 0.375. The molecule has 5 N–H and O–H groups in total. The third kappa shape index (κ3) is 5.98. The number of nitrogens with zero attached hydrogens (tertiary/aromatic N) is 3. The van der Waals surface area contributed by atoms with Crippen molar-refractivity contribution in [2.24, 2.45) is 5.92 Å². The lowest BCUT2D eigenvalue weighted by atomic mass is 9.84. The predicted molar refractivity (Wildman–Crippen MR) is 162 cm³/mol. The van der Waals surface area contributed by atoms with E-state index in [0.717, 1.165) is 60.3 Å². The Bertz CT molecular complexity index is 1600. The maximum absolute atomic E-state index is 13.1.